The largest absolute Gasteiger partial charge is 0.356 e. The van der Waals surface area contributed by atoms with Crippen molar-refractivity contribution < 1.29 is 4.21 Å². The second kappa shape index (κ2) is 6.60. The van der Waals surface area contributed by atoms with Gasteiger partial charge in [-0.3, -0.25) is 0 Å². The zero-order valence-corrected chi connectivity index (χ0v) is 16.7. The van der Waals surface area contributed by atoms with Crippen molar-refractivity contribution in [2.75, 3.05) is 18.2 Å². The number of nitrogens with one attached hydrogen (secondary N) is 1. The van der Waals surface area contributed by atoms with E-state index >= 15 is 0 Å². The molecule has 0 aliphatic heterocycles. The summed E-state index contributed by atoms with van der Waals surface area (Å²) in [5.74, 6) is 1.66. The van der Waals surface area contributed by atoms with Crippen LogP contribution < -0.4 is 4.90 Å². The standard InChI is InChI=1S/C19H24N6OS/c1-13-17(11-14-7-9-16(10-8-14)27(3,20)26)18(24(2)15-5-4-6-15)25-19(23-13)21-12-22-25/h7-10,12,15,20H,4-6,11H2,1-3H3. The zero-order chi connectivity index (χ0) is 19.2. The molecule has 1 fully saturated rings. The molecule has 1 unspecified atom stereocenters. The first-order chi connectivity index (χ1) is 12.8. The van der Waals surface area contributed by atoms with E-state index in [-0.39, 0.29) is 0 Å². The van der Waals surface area contributed by atoms with Gasteiger partial charge in [0.15, 0.2) is 0 Å². The molecule has 142 valence electrons. The lowest BCUT2D eigenvalue weighted by Gasteiger charge is -2.37. The quantitative estimate of drug-likeness (QED) is 0.730. The second-order valence-corrected chi connectivity index (χ2v) is 9.49. The highest BCUT2D eigenvalue weighted by Crippen LogP contribution is 2.32. The Balaban J connectivity index is 1.77. The Morgan fingerprint density at radius 1 is 1.30 bits per heavy atom. The number of benzene rings is 1. The molecule has 1 atom stereocenters. The number of hydrogen-bond donors (Lipinski definition) is 1. The number of fused-ring (bicyclic) bond motifs is 1. The Labute approximate surface area is 159 Å². The average Bonchev–Trinajstić information content (AvgIpc) is 3.01. The monoisotopic (exact) mass is 384 g/mol. The lowest BCUT2D eigenvalue weighted by Crippen LogP contribution is -2.39. The molecule has 0 amide bonds. The summed E-state index contributed by atoms with van der Waals surface area (Å²) in [7, 11) is -0.570. The molecule has 0 saturated heterocycles. The van der Waals surface area contributed by atoms with Crippen LogP contribution in [0.25, 0.3) is 5.78 Å². The fourth-order valence-electron chi connectivity index (χ4n) is 3.56. The van der Waals surface area contributed by atoms with Crippen LogP contribution in [0.15, 0.2) is 35.5 Å². The highest BCUT2D eigenvalue weighted by molar-refractivity contribution is 7.91. The number of hydrogen-bond acceptors (Lipinski definition) is 6. The fourth-order valence-corrected chi connectivity index (χ4v) is 4.21. The molecule has 2 aromatic heterocycles. The van der Waals surface area contributed by atoms with Crippen molar-refractivity contribution in [1.29, 1.82) is 4.78 Å². The molecule has 3 aromatic rings. The van der Waals surface area contributed by atoms with Gasteiger partial charge in [0.1, 0.15) is 12.1 Å². The fraction of sp³-hybridized carbons (Fsp3) is 0.421. The van der Waals surface area contributed by atoms with Gasteiger partial charge in [0.2, 0.25) is 0 Å². The third-order valence-corrected chi connectivity index (χ3v) is 6.59. The van der Waals surface area contributed by atoms with Gasteiger partial charge in [0.05, 0.1) is 9.73 Å². The van der Waals surface area contributed by atoms with Gasteiger partial charge in [-0.25, -0.2) is 14.0 Å². The summed E-state index contributed by atoms with van der Waals surface area (Å²) < 4.78 is 21.5. The van der Waals surface area contributed by atoms with Gasteiger partial charge < -0.3 is 4.90 Å². The van der Waals surface area contributed by atoms with Crippen molar-refractivity contribution in [1.82, 2.24) is 19.6 Å². The van der Waals surface area contributed by atoms with Crippen LogP contribution in [0.5, 0.6) is 0 Å². The summed E-state index contributed by atoms with van der Waals surface area (Å²) in [5.41, 5.74) is 3.16. The van der Waals surface area contributed by atoms with Crippen LogP contribution in [0.3, 0.4) is 0 Å². The number of rotatable bonds is 5. The molecule has 1 N–H and O–H groups in total. The van der Waals surface area contributed by atoms with Crippen molar-refractivity contribution in [3.63, 3.8) is 0 Å². The maximum absolute atomic E-state index is 11.9. The number of aromatic nitrogens is 4. The highest BCUT2D eigenvalue weighted by Gasteiger charge is 2.27. The molecule has 1 aliphatic carbocycles. The summed E-state index contributed by atoms with van der Waals surface area (Å²) in [6.07, 6.45) is 7.34. The molecule has 2 heterocycles. The third-order valence-electron chi connectivity index (χ3n) is 5.42. The van der Waals surface area contributed by atoms with Gasteiger partial charge >= 0.3 is 0 Å². The van der Waals surface area contributed by atoms with Crippen LogP contribution in [0.1, 0.15) is 36.1 Å². The first-order valence-electron chi connectivity index (χ1n) is 9.09. The van der Waals surface area contributed by atoms with Crippen LogP contribution in [0.4, 0.5) is 5.82 Å². The lowest BCUT2D eigenvalue weighted by atomic mass is 9.91. The van der Waals surface area contributed by atoms with Crippen molar-refractivity contribution in [2.24, 2.45) is 0 Å². The Bertz CT molecular complexity index is 1080. The van der Waals surface area contributed by atoms with Gasteiger partial charge in [0, 0.05) is 41.9 Å². The Kier molecular flexibility index (Phi) is 4.38. The summed E-state index contributed by atoms with van der Waals surface area (Å²) in [6, 6.07) is 8.00. The lowest BCUT2D eigenvalue weighted by molar-refractivity contribution is 0.397. The number of anilines is 1. The van der Waals surface area contributed by atoms with Crippen molar-refractivity contribution in [2.45, 2.75) is 43.5 Å². The minimum atomic E-state index is -2.69. The van der Waals surface area contributed by atoms with E-state index in [1.807, 2.05) is 23.6 Å². The molecule has 7 nitrogen and oxygen atoms in total. The Morgan fingerprint density at radius 3 is 2.59 bits per heavy atom. The van der Waals surface area contributed by atoms with Crippen molar-refractivity contribution >= 4 is 21.3 Å². The van der Waals surface area contributed by atoms with Crippen LogP contribution >= 0.6 is 0 Å². The summed E-state index contributed by atoms with van der Waals surface area (Å²) in [6.45, 7) is 2.01. The third kappa shape index (κ3) is 3.29. The predicted octanol–water partition coefficient (Wildman–Crippen LogP) is 3.05. The van der Waals surface area contributed by atoms with Crippen LogP contribution in [0.2, 0.25) is 0 Å². The summed E-state index contributed by atoms with van der Waals surface area (Å²) in [5, 5.41) is 4.41. The minimum absolute atomic E-state index is 0.522. The Morgan fingerprint density at radius 2 is 2.00 bits per heavy atom. The molecule has 4 rings (SSSR count). The first kappa shape index (κ1) is 17.9. The van der Waals surface area contributed by atoms with Crippen LogP contribution in [0, 0.1) is 11.7 Å². The van der Waals surface area contributed by atoms with E-state index in [2.05, 4.69) is 27.0 Å². The van der Waals surface area contributed by atoms with Gasteiger partial charge in [-0.15, -0.1) is 0 Å². The van der Waals surface area contributed by atoms with E-state index in [9.17, 15) is 4.21 Å². The maximum atomic E-state index is 11.9. The van der Waals surface area contributed by atoms with Crippen LogP contribution in [-0.2, 0) is 16.1 Å². The maximum Gasteiger partial charge on any atom is 0.254 e. The Hall–Kier alpha value is -2.48. The highest BCUT2D eigenvalue weighted by atomic mass is 32.2. The molecule has 0 radical (unpaired) electrons. The molecule has 27 heavy (non-hydrogen) atoms. The molecule has 1 aliphatic rings. The number of nitrogens with zero attached hydrogens (tertiary/aromatic N) is 5. The molecule has 0 bridgehead atoms. The predicted molar refractivity (Wildman–Crippen MR) is 106 cm³/mol. The van der Waals surface area contributed by atoms with E-state index in [4.69, 9.17) is 4.78 Å². The average molecular weight is 385 g/mol. The van der Waals surface area contributed by atoms with Crippen LogP contribution in [-0.4, -0.2) is 43.1 Å². The minimum Gasteiger partial charge on any atom is -0.356 e. The molecule has 1 aromatic carbocycles. The molecular weight excluding hydrogens is 360 g/mol. The molecule has 0 spiro atoms. The van der Waals surface area contributed by atoms with E-state index in [0.29, 0.717) is 23.1 Å². The zero-order valence-electron chi connectivity index (χ0n) is 15.8. The van der Waals surface area contributed by atoms with Gasteiger partial charge in [-0.05, 0) is 43.9 Å². The van der Waals surface area contributed by atoms with E-state index in [1.54, 1.807) is 18.5 Å². The van der Waals surface area contributed by atoms with Gasteiger partial charge in [-0.1, -0.05) is 12.1 Å². The number of aryl methyl sites for hydroxylation is 1. The van der Waals surface area contributed by atoms with Crippen molar-refractivity contribution in [3.8, 4) is 0 Å². The van der Waals surface area contributed by atoms with E-state index in [1.165, 1.54) is 25.5 Å². The molecule has 8 heteroatoms. The summed E-state index contributed by atoms with van der Waals surface area (Å²) >= 11 is 0. The first-order valence-corrected chi connectivity index (χ1v) is 11.1. The summed E-state index contributed by atoms with van der Waals surface area (Å²) in [4.78, 5) is 11.8. The normalized spacial score (nSPS) is 16.9. The second-order valence-electron chi connectivity index (χ2n) is 7.33. The topological polar surface area (TPSA) is 87.2 Å². The van der Waals surface area contributed by atoms with E-state index < -0.39 is 9.73 Å². The molecular formula is C19H24N6OS. The van der Waals surface area contributed by atoms with E-state index in [0.717, 1.165) is 22.6 Å². The van der Waals surface area contributed by atoms with Gasteiger partial charge in [-0.2, -0.15) is 14.6 Å². The van der Waals surface area contributed by atoms with Crippen molar-refractivity contribution in [3.05, 3.63) is 47.4 Å². The SMILES string of the molecule is Cc1nc2ncnn2c(N(C)C2CCC2)c1Cc1ccc(S(C)(=N)=O)cc1. The molecule has 1 saturated carbocycles. The van der Waals surface area contributed by atoms with Gasteiger partial charge in [0.25, 0.3) is 5.78 Å². The smallest absolute Gasteiger partial charge is 0.254 e.